The highest BCUT2D eigenvalue weighted by Crippen LogP contribution is 2.34. The Balaban J connectivity index is 1.72. The van der Waals surface area contributed by atoms with Crippen molar-refractivity contribution >= 4 is 17.5 Å². The molecule has 1 aliphatic heterocycles. The van der Waals surface area contributed by atoms with Crippen molar-refractivity contribution in [3.05, 3.63) is 53.6 Å². The normalized spacial score (nSPS) is 18.6. The minimum atomic E-state index is -1.62. The molecule has 0 unspecified atom stereocenters. The van der Waals surface area contributed by atoms with Crippen LogP contribution in [0.5, 0.6) is 11.5 Å². The second-order valence-corrected chi connectivity index (χ2v) is 6.12. The van der Waals surface area contributed by atoms with E-state index in [0.29, 0.717) is 11.4 Å². The number of amides is 2. The van der Waals surface area contributed by atoms with Gasteiger partial charge >= 0.3 is 0 Å². The van der Waals surface area contributed by atoms with Crippen LogP contribution in [0.1, 0.15) is 18.1 Å². The summed E-state index contributed by atoms with van der Waals surface area (Å²) in [7, 11) is 1.59. The lowest BCUT2D eigenvalue weighted by Crippen LogP contribution is -2.58. The molecular weight excluding hydrogens is 320 g/mol. The summed E-state index contributed by atoms with van der Waals surface area (Å²) in [6.45, 7) is 3.67. The van der Waals surface area contributed by atoms with E-state index in [0.717, 1.165) is 16.9 Å². The molecule has 0 bridgehead atoms. The van der Waals surface area contributed by atoms with Gasteiger partial charge in [0.05, 0.1) is 12.8 Å². The minimum absolute atomic E-state index is 0.288. The Morgan fingerprint density at radius 3 is 2.64 bits per heavy atom. The summed E-state index contributed by atoms with van der Waals surface area (Å²) in [5.74, 6) is 0.237. The molecule has 2 aromatic rings. The Kier molecular flexibility index (Phi) is 4.35. The molecule has 2 N–H and O–H groups in total. The van der Waals surface area contributed by atoms with Crippen LogP contribution in [-0.2, 0) is 16.1 Å². The van der Waals surface area contributed by atoms with E-state index in [2.05, 4.69) is 10.6 Å². The molecule has 1 aliphatic rings. The number of fused-ring (bicyclic) bond motifs is 1. The summed E-state index contributed by atoms with van der Waals surface area (Å²) >= 11 is 0. The largest absolute Gasteiger partial charge is 0.497 e. The highest BCUT2D eigenvalue weighted by molar-refractivity contribution is 6.15. The first-order valence-corrected chi connectivity index (χ1v) is 7.95. The van der Waals surface area contributed by atoms with Crippen molar-refractivity contribution in [2.75, 3.05) is 12.4 Å². The number of rotatable bonds is 4. The van der Waals surface area contributed by atoms with Crippen molar-refractivity contribution in [2.24, 2.45) is 0 Å². The number of aryl methyl sites for hydroxylation is 1. The molecule has 0 saturated carbocycles. The zero-order valence-corrected chi connectivity index (χ0v) is 14.4. The third-order valence-corrected chi connectivity index (χ3v) is 4.18. The first kappa shape index (κ1) is 16.8. The zero-order chi connectivity index (χ0) is 18.0. The summed E-state index contributed by atoms with van der Waals surface area (Å²) in [4.78, 5) is 25.0. The average molecular weight is 340 g/mol. The van der Waals surface area contributed by atoms with Gasteiger partial charge in [0, 0.05) is 6.54 Å². The number of anilines is 1. The van der Waals surface area contributed by atoms with E-state index >= 15 is 0 Å². The van der Waals surface area contributed by atoms with E-state index < -0.39 is 17.4 Å². The van der Waals surface area contributed by atoms with Gasteiger partial charge in [0.25, 0.3) is 17.4 Å². The van der Waals surface area contributed by atoms with Gasteiger partial charge in [-0.25, -0.2) is 0 Å². The molecule has 130 valence electrons. The van der Waals surface area contributed by atoms with E-state index in [-0.39, 0.29) is 6.54 Å². The van der Waals surface area contributed by atoms with E-state index in [1.807, 2.05) is 43.3 Å². The summed E-state index contributed by atoms with van der Waals surface area (Å²) in [5, 5.41) is 5.50. The fourth-order valence-electron chi connectivity index (χ4n) is 2.58. The number of ether oxygens (including phenoxy) is 2. The summed E-state index contributed by atoms with van der Waals surface area (Å²) < 4.78 is 10.8. The molecule has 3 rings (SSSR count). The third-order valence-electron chi connectivity index (χ3n) is 4.18. The van der Waals surface area contributed by atoms with E-state index in [9.17, 15) is 9.59 Å². The van der Waals surface area contributed by atoms with Gasteiger partial charge in [-0.05, 0) is 49.2 Å². The monoisotopic (exact) mass is 340 g/mol. The second kappa shape index (κ2) is 6.47. The summed E-state index contributed by atoms with van der Waals surface area (Å²) in [6, 6.07) is 12.7. The van der Waals surface area contributed by atoms with Gasteiger partial charge in [-0.2, -0.15) is 0 Å². The number of carbonyl (C=O) groups excluding carboxylic acids is 2. The maximum absolute atomic E-state index is 12.6. The summed E-state index contributed by atoms with van der Waals surface area (Å²) in [6.07, 6.45) is 0. The number of benzene rings is 2. The van der Waals surface area contributed by atoms with Crippen LogP contribution in [0.4, 0.5) is 5.69 Å². The number of hydrogen-bond acceptors (Lipinski definition) is 4. The molecule has 0 radical (unpaired) electrons. The lowest BCUT2D eigenvalue weighted by molar-refractivity contribution is -0.146. The molecule has 0 aliphatic carbocycles. The molecule has 0 spiro atoms. The standard InChI is InChI=1S/C19H20N2O4/c1-12-4-9-16-15(10-12)21-18(23)19(2,25-16)17(22)20-11-13-5-7-14(24-3)8-6-13/h4-10H,11H2,1-3H3,(H,20,22)(H,21,23)/t19-/m0/s1. The van der Waals surface area contributed by atoms with Crippen LogP contribution in [0.15, 0.2) is 42.5 Å². The molecule has 2 aromatic carbocycles. The van der Waals surface area contributed by atoms with Crippen molar-refractivity contribution in [2.45, 2.75) is 26.0 Å². The predicted molar refractivity (Wildman–Crippen MR) is 93.7 cm³/mol. The lowest BCUT2D eigenvalue weighted by Gasteiger charge is -2.33. The first-order chi connectivity index (χ1) is 11.9. The highest BCUT2D eigenvalue weighted by atomic mass is 16.5. The molecule has 0 aromatic heterocycles. The average Bonchev–Trinajstić information content (AvgIpc) is 2.61. The van der Waals surface area contributed by atoms with E-state index in [1.165, 1.54) is 6.92 Å². The molecule has 1 heterocycles. The van der Waals surface area contributed by atoms with Crippen molar-refractivity contribution in [1.82, 2.24) is 5.32 Å². The Morgan fingerprint density at radius 2 is 1.96 bits per heavy atom. The fraction of sp³-hybridized carbons (Fsp3) is 0.263. The van der Waals surface area contributed by atoms with Gasteiger partial charge in [-0.3, -0.25) is 9.59 Å². The van der Waals surface area contributed by atoms with Gasteiger partial charge in [0.2, 0.25) is 0 Å². The van der Waals surface area contributed by atoms with Crippen LogP contribution in [0, 0.1) is 6.92 Å². The van der Waals surface area contributed by atoms with Gasteiger partial charge in [0.1, 0.15) is 11.5 Å². The van der Waals surface area contributed by atoms with Crippen molar-refractivity contribution in [3.63, 3.8) is 0 Å². The van der Waals surface area contributed by atoms with Crippen LogP contribution in [0.3, 0.4) is 0 Å². The molecule has 0 fully saturated rings. The topological polar surface area (TPSA) is 76.7 Å². The van der Waals surface area contributed by atoms with Crippen LogP contribution < -0.4 is 20.1 Å². The predicted octanol–water partition coefficient (Wildman–Crippen LogP) is 2.41. The van der Waals surface area contributed by atoms with Crippen molar-refractivity contribution in [1.29, 1.82) is 0 Å². The van der Waals surface area contributed by atoms with Crippen molar-refractivity contribution < 1.29 is 19.1 Å². The minimum Gasteiger partial charge on any atom is -0.497 e. The maximum Gasteiger partial charge on any atom is 0.278 e. The molecule has 25 heavy (non-hydrogen) atoms. The number of hydrogen-bond donors (Lipinski definition) is 2. The van der Waals surface area contributed by atoms with Crippen LogP contribution in [0.2, 0.25) is 0 Å². The Hall–Kier alpha value is -3.02. The fourth-order valence-corrected chi connectivity index (χ4v) is 2.58. The van der Waals surface area contributed by atoms with Gasteiger partial charge in [-0.15, -0.1) is 0 Å². The zero-order valence-electron chi connectivity index (χ0n) is 14.4. The van der Waals surface area contributed by atoms with Gasteiger partial charge in [-0.1, -0.05) is 18.2 Å². The maximum atomic E-state index is 12.6. The SMILES string of the molecule is COc1ccc(CNC(=O)[C@]2(C)Oc3ccc(C)cc3NC2=O)cc1. The van der Waals surface area contributed by atoms with E-state index in [1.54, 1.807) is 13.2 Å². The quantitative estimate of drug-likeness (QED) is 0.838. The smallest absolute Gasteiger partial charge is 0.278 e. The van der Waals surface area contributed by atoms with E-state index in [4.69, 9.17) is 9.47 Å². The highest BCUT2D eigenvalue weighted by Gasteiger charge is 2.47. The first-order valence-electron chi connectivity index (χ1n) is 7.95. The molecule has 2 amide bonds. The van der Waals surface area contributed by atoms with Crippen LogP contribution in [-0.4, -0.2) is 24.5 Å². The van der Waals surface area contributed by atoms with Crippen molar-refractivity contribution in [3.8, 4) is 11.5 Å². The van der Waals surface area contributed by atoms with Gasteiger partial charge in [0.15, 0.2) is 0 Å². The Morgan fingerprint density at radius 1 is 1.24 bits per heavy atom. The number of methoxy groups -OCH3 is 1. The van der Waals surface area contributed by atoms with Crippen LogP contribution in [0.25, 0.3) is 0 Å². The third kappa shape index (κ3) is 3.28. The Bertz CT molecular complexity index is 817. The van der Waals surface area contributed by atoms with Gasteiger partial charge < -0.3 is 20.1 Å². The molecular formula is C19H20N2O4. The Labute approximate surface area is 146 Å². The molecule has 6 nitrogen and oxygen atoms in total. The number of nitrogens with one attached hydrogen (secondary N) is 2. The number of carbonyl (C=O) groups is 2. The van der Waals surface area contributed by atoms with Crippen LogP contribution >= 0.6 is 0 Å². The lowest BCUT2D eigenvalue weighted by atomic mass is 10.0. The molecule has 0 saturated heterocycles. The second-order valence-electron chi connectivity index (χ2n) is 6.12. The molecule has 6 heteroatoms. The molecule has 1 atom stereocenters. The summed E-state index contributed by atoms with van der Waals surface area (Å²) in [5.41, 5.74) is 0.847.